The average molecular weight is 224 g/mol. The highest BCUT2D eigenvalue weighted by Crippen LogP contribution is 2.18. The molecule has 2 nitrogen and oxygen atoms in total. The molecule has 0 N–H and O–H groups in total. The Balaban J connectivity index is 0.000000509. The third kappa shape index (κ3) is 5.76. The first-order chi connectivity index (χ1) is 7.86. The molecular formula is C14H24O2. The van der Waals surface area contributed by atoms with Crippen molar-refractivity contribution in [2.45, 2.75) is 40.7 Å². The fraction of sp³-hybridized carbons (Fsp3) is 0.571. The van der Waals surface area contributed by atoms with Gasteiger partial charge in [-0.25, -0.2) is 0 Å². The molecule has 0 amide bonds. The maximum Gasteiger partial charge on any atom is 0.122 e. The zero-order valence-corrected chi connectivity index (χ0v) is 11.1. The van der Waals surface area contributed by atoms with E-state index >= 15 is 0 Å². The Morgan fingerprint density at radius 1 is 1.19 bits per heavy atom. The Kier molecular flexibility index (Phi) is 8.64. The molecule has 2 heteroatoms. The molecule has 0 radical (unpaired) electrons. The van der Waals surface area contributed by atoms with Crippen LogP contribution in [-0.4, -0.2) is 19.3 Å². The van der Waals surface area contributed by atoms with Crippen LogP contribution in [0.2, 0.25) is 0 Å². The van der Waals surface area contributed by atoms with Gasteiger partial charge in [-0.05, 0) is 18.6 Å². The van der Waals surface area contributed by atoms with Crippen molar-refractivity contribution in [2.24, 2.45) is 0 Å². The minimum absolute atomic E-state index is 0.338. The first kappa shape index (κ1) is 15.0. The van der Waals surface area contributed by atoms with Crippen molar-refractivity contribution >= 4 is 0 Å². The van der Waals surface area contributed by atoms with Gasteiger partial charge in [0.15, 0.2) is 0 Å². The molecule has 0 saturated carbocycles. The quantitative estimate of drug-likeness (QED) is 0.728. The zero-order valence-electron chi connectivity index (χ0n) is 11.1. The maximum absolute atomic E-state index is 5.54. The van der Waals surface area contributed by atoms with Crippen LogP contribution in [-0.2, 0) is 4.74 Å². The van der Waals surface area contributed by atoms with Gasteiger partial charge in [0.2, 0.25) is 0 Å². The zero-order chi connectivity index (χ0) is 12.4. The van der Waals surface area contributed by atoms with Crippen molar-refractivity contribution in [1.29, 1.82) is 0 Å². The molecule has 2 rings (SSSR count). The fourth-order valence-electron chi connectivity index (χ4n) is 1.07. The normalized spacial score (nSPS) is 16.2. The van der Waals surface area contributed by atoms with Gasteiger partial charge >= 0.3 is 0 Å². The third-order valence-corrected chi connectivity index (χ3v) is 1.92. The first-order valence-electron chi connectivity index (χ1n) is 6.16. The number of para-hydroxylation sites is 1. The molecule has 1 aliphatic heterocycles. The Morgan fingerprint density at radius 2 is 1.75 bits per heavy atom. The van der Waals surface area contributed by atoms with Gasteiger partial charge in [0.05, 0.1) is 6.61 Å². The van der Waals surface area contributed by atoms with Gasteiger partial charge < -0.3 is 9.47 Å². The highest BCUT2D eigenvalue weighted by Gasteiger charge is 2.23. The van der Waals surface area contributed by atoms with Crippen molar-refractivity contribution in [2.75, 3.05) is 13.2 Å². The molecule has 1 aromatic rings. The molecule has 0 bridgehead atoms. The second-order valence-corrected chi connectivity index (χ2v) is 3.03. The minimum Gasteiger partial charge on any atom is -0.491 e. The largest absolute Gasteiger partial charge is 0.491 e. The van der Waals surface area contributed by atoms with Gasteiger partial charge in [-0.1, -0.05) is 45.9 Å². The summed E-state index contributed by atoms with van der Waals surface area (Å²) in [6, 6.07) is 8.02. The van der Waals surface area contributed by atoms with E-state index in [-0.39, 0.29) is 0 Å². The summed E-state index contributed by atoms with van der Waals surface area (Å²) < 4.78 is 10.6. The van der Waals surface area contributed by atoms with Crippen molar-refractivity contribution in [3.05, 3.63) is 29.8 Å². The summed E-state index contributed by atoms with van der Waals surface area (Å²) in [6.45, 7) is 11.6. The van der Waals surface area contributed by atoms with Gasteiger partial charge in [0, 0.05) is 0 Å². The smallest absolute Gasteiger partial charge is 0.122 e. The van der Waals surface area contributed by atoms with E-state index in [4.69, 9.17) is 9.47 Å². The Labute approximate surface area is 99.6 Å². The highest BCUT2D eigenvalue weighted by atomic mass is 16.6. The molecule has 16 heavy (non-hydrogen) atoms. The summed E-state index contributed by atoms with van der Waals surface area (Å²) in [6.07, 6.45) is 0.338. The maximum atomic E-state index is 5.54. The van der Waals surface area contributed by atoms with E-state index in [1.54, 1.807) is 0 Å². The number of epoxide rings is 1. The van der Waals surface area contributed by atoms with Crippen molar-refractivity contribution < 1.29 is 9.47 Å². The standard InChI is InChI=1S/C10H12O2.2C2H6/c1-8-4-2-3-5-10(8)12-7-9-6-11-9;2*1-2/h2-5,9H,6-7H2,1H3;2*1-2H3. The van der Waals surface area contributed by atoms with Crippen LogP contribution < -0.4 is 4.74 Å². The molecule has 1 saturated heterocycles. The second kappa shape index (κ2) is 9.22. The fourth-order valence-corrected chi connectivity index (χ4v) is 1.07. The lowest BCUT2D eigenvalue weighted by Gasteiger charge is -2.06. The van der Waals surface area contributed by atoms with Crippen LogP contribution in [0.1, 0.15) is 33.3 Å². The molecule has 1 atom stereocenters. The lowest BCUT2D eigenvalue weighted by Crippen LogP contribution is -2.04. The van der Waals surface area contributed by atoms with Crippen LogP contribution in [0.3, 0.4) is 0 Å². The average Bonchev–Trinajstić information content (AvgIpc) is 3.17. The number of rotatable bonds is 3. The molecule has 1 aliphatic rings. The molecule has 0 aliphatic carbocycles. The van der Waals surface area contributed by atoms with Gasteiger partial charge in [0.25, 0.3) is 0 Å². The Hall–Kier alpha value is -1.02. The molecule has 0 aromatic heterocycles. The third-order valence-electron chi connectivity index (χ3n) is 1.92. The summed E-state index contributed by atoms with van der Waals surface area (Å²) in [5.41, 5.74) is 1.18. The van der Waals surface area contributed by atoms with E-state index in [9.17, 15) is 0 Å². The van der Waals surface area contributed by atoms with Crippen LogP contribution in [0.25, 0.3) is 0 Å². The topological polar surface area (TPSA) is 21.8 Å². The van der Waals surface area contributed by atoms with E-state index in [1.165, 1.54) is 5.56 Å². The summed E-state index contributed by atoms with van der Waals surface area (Å²) >= 11 is 0. The molecule has 1 aromatic carbocycles. The number of ether oxygens (including phenoxy) is 2. The van der Waals surface area contributed by atoms with Crippen LogP contribution >= 0.6 is 0 Å². The molecule has 1 unspecified atom stereocenters. The van der Waals surface area contributed by atoms with E-state index < -0.39 is 0 Å². The van der Waals surface area contributed by atoms with Crippen molar-refractivity contribution in [3.63, 3.8) is 0 Å². The van der Waals surface area contributed by atoms with Crippen LogP contribution in [0, 0.1) is 6.92 Å². The first-order valence-corrected chi connectivity index (χ1v) is 6.16. The number of hydrogen-bond acceptors (Lipinski definition) is 2. The van der Waals surface area contributed by atoms with E-state index in [0.717, 1.165) is 12.4 Å². The SMILES string of the molecule is CC.CC.Cc1ccccc1OCC1CO1. The predicted octanol–water partition coefficient (Wildman–Crippen LogP) is 3.83. The number of benzene rings is 1. The second-order valence-electron chi connectivity index (χ2n) is 3.03. The summed E-state index contributed by atoms with van der Waals surface area (Å²) in [5.74, 6) is 0.966. The lowest BCUT2D eigenvalue weighted by molar-refractivity contribution is 0.262. The van der Waals surface area contributed by atoms with Crippen LogP contribution in [0.15, 0.2) is 24.3 Å². The van der Waals surface area contributed by atoms with Crippen molar-refractivity contribution in [1.82, 2.24) is 0 Å². The Morgan fingerprint density at radius 3 is 2.25 bits per heavy atom. The summed E-state index contributed by atoms with van der Waals surface area (Å²) in [5, 5.41) is 0. The molecule has 1 heterocycles. The van der Waals surface area contributed by atoms with Gasteiger partial charge in [0.1, 0.15) is 18.5 Å². The summed E-state index contributed by atoms with van der Waals surface area (Å²) in [4.78, 5) is 0. The molecular weight excluding hydrogens is 200 g/mol. The van der Waals surface area contributed by atoms with Crippen LogP contribution in [0.4, 0.5) is 0 Å². The Bertz CT molecular complexity index is 267. The number of hydrogen-bond donors (Lipinski definition) is 0. The minimum atomic E-state index is 0.338. The van der Waals surface area contributed by atoms with Gasteiger partial charge in [-0.2, -0.15) is 0 Å². The lowest BCUT2D eigenvalue weighted by atomic mass is 10.2. The monoisotopic (exact) mass is 224 g/mol. The summed E-state index contributed by atoms with van der Waals surface area (Å²) in [7, 11) is 0. The molecule has 1 fully saturated rings. The predicted molar refractivity (Wildman–Crippen MR) is 69.1 cm³/mol. The molecule has 92 valence electrons. The van der Waals surface area contributed by atoms with E-state index in [2.05, 4.69) is 0 Å². The number of aryl methyl sites for hydroxylation is 1. The van der Waals surface area contributed by atoms with Crippen LogP contribution in [0.5, 0.6) is 5.75 Å². The highest BCUT2D eigenvalue weighted by molar-refractivity contribution is 5.31. The van der Waals surface area contributed by atoms with Crippen molar-refractivity contribution in [3.8, 4) is 5.75 Å². The van der Waals surface area contributed by atoms with Gasteiger partial charge in [-0.15, -0.1) is 0 Å². The van der Waals surface area contributed by atoms with E-state index in [0.29, 0.717) is 12.7 Å². The van der Waals surface area contributed by atoms with Gasteiger partial charge in [-0.3, -0.25) is 0 Å². The van der Waals surface area contributed by atoms with E-state index in [1.807, 2.05) is 58.9 Å². The molecule has 0 spiro atoms.